The van der Waals surface area contributed by atoms with Gasteiger partial charge in [-0.05, 0) is 42.8 Å². The number of nitrogens with zero attached hydrogens (tertiary/aromatic N) is 4. The highest BCUT2D eigenvalue weighted by Crippen LogP contribution is 2.21. The van der Waals surface area contributed by atoms with Crippen molar-refractivity contribution in [3.63, 3.8) is 0 Å². The minimum atomic E-state index is -0.757. The van der Waals surface area contributed by atoms with Gasteiger partial charge in [0.15, 0.2) is 0 Å². The van der Waals surface area contributed by atoms with Crippen LogP contribution in [0.4, 0.5) is 4.79 Å². The molecule has 0 fully saturated rings. The zero-order valence-electron chi connectivity index (χ0n) is 13.1. The summed E-state index contributed by atoms with van der Waals surface area (Å²) in [7, 11) is 0. The summed E-state index contributed by atoms with van der Waals surface area (Å²) in [4.78, 5) is 22.8. The zero-order chi connectivity index (χ0) is 16.8. The van der Waals surface area contributed by atoms with Crippen molar-refractivity contribution in [1.82, 2.24) is 25.5 Å². The second kappa shape index (κ2) is 7.73. The first-order valence-corrected chi connectivity index (χ1v) is 7.95. The number of hydrogen-bond donors (Lipinski definition) is 1. The van der Waals surface area contributed by atoms with Crippen LogP contribution in [0.3, 0.4) is 0 Å². The Morgan fingerprint density at radius 3 is 2.83 bits per heavy atom. The van der Waals surface area contributed by atoms with E-state index in [9.17, 15) is 9.59 Å². The van der Waals surface area contributed by atoms with E-state index in [1.165, 1.54) is 0 Å². The molecular formula is C14H17N5O3S. The molecule has 1 aromatic heterocycles. The van der Waals surface area contributed by atoms with Crippen molar-refractivity contribution < 1.29 is 14.3 Å². The lowest BCUT2D eigenvalue weighted by atomic mass is 10.1. The Morgan fingerprint density at radius 2 is 2.13 bits per heavy atom. The molecule has 0 aliphatic heterocycles. The van der Waals surface area contributed by atoms with Crippen LogP contribution in [-0.4, -0.2) is 44.6 Å². The number of aryl methyl sites for hydroxylation is 2. The molecule has 0 saturated carbocycles. The number of nitrogens with one attached hydrogen (secondary N) is 1. The largest absolute Gasteiger partial charge is 0.450 e. The van der Waals surface area contributed by atoms with E-state index in [0.29, 0.717) is 5.16 Å². The number of aromatic nitrogens is 4. The molecule has 2 amide bonds. The van der Waals surface area contributed by atoms with E-state index in [1.807, 2.05) is 32.0 Å². The van der Waals surface area contributed by atoms with E-state index in [-0.39, 0.29) is 12.4 Å². The van der Waals surface area contributed by atoms with Crippen LogP contribution in [0.25, 0.3) is 5.69 Å². The summed E-state index contributed by atoms with van der Waals surface area (Å²) in [5, 5.41) is 14.1. The number of amides is 2. The predicted molar refractivity (Wildman–Crippen MR) is 84.5 cm³/mol. The highest BCUT2D eigenvalue weighted by atomic mass is 32.2. The van der Waals surface area contributed by atoms with Gasteiger partial charge in [-0.25, -0.2) is 4.79 Å². The number of imide groups is 1. The average molecular weight is 335 g/mol. The number of thioether (sulfide) groups is 1. The summed E-state index contributed by atoms with van der Waals surface area (Å²) < 4.78 is 6.21. The third kappa shape index (κ3) is 4.52. The Balaban J connectivity index is 2.04. The second-order valence-electron chi connectivity index (χ2n) is 4.72. The number of carbonyl (C=O) groups excluding carboxylic acids is 2. The van der Waals surface area contributed by atoms with Crippen molar-refractivity contribution in [2.24, 2.45) is 0 Å². The minimum absolute atomic E-state index is 0.00406. The van der Waals surface area contributed by atoms with E-state index in [4.69, 9.17) is 0 Å². The van der Waals surface area contributed by atoms with Crippen molar-refractivity contribution in [2.45, 2.75) is 25.9 Å². The van der Waals surface area contributed by atoms with E-state index < -0.39 is 12.0 Å². The Labute approximate surface area is 137 Å². The molecule has 0 spiro atoms. The lowest BCUT2D eigenvalue weighted by Crippen LogP contribution is -2.32. The SMILES string of the molecule is CCOC(=O)NC(=O)CSc1nnnn1-c1ccc(C)cc1C. The highest BCUT2D eigenvalue weighted by Gasteiger charge is 2.14. The number of tetrazole rings is 1. The molecule has 122 valence electrons. The standard InChI is InChI=1S/C14H17N5O3S/c1-4-22-14(21)15-12(20)8-23-13-16-17-18-19(13)11-6-5-9(2)7-10(11)3/h5-7H,4,8H2,1-3H3,(H,15,20,21). The van der Waals surface area contributed by atoms with Gasteiger partial charge in [0.2, 0.25) is 11.1 Å². The highest BCUT2D eigenvalue weighted by molar-refractivity contribution is 7.99. The number of ether oxygens (including phenoxy) is 1. The van der Waals surface area contributed by atoms with E-state index in [0.717, 1.165) is 28.6 Å². The first kappa shape index (κ1) is 16.9. The molecular weight excluding hydrogens is 318 g/mol. The lowest BCUT2D eigenvalue weighted by molar-refractivity contribution is -0.117. The van der Waals surface area contributed by atoms with Gasteiger partial charge in [0.1, 0.15) is 0 Å². The maximum atomic E-state index is 11.7. The molecule has 8 nitrogen and oxygen atoms in total. The van der Waals surface area contributed by atoms with Crippen LogP contribution in [0.1, 0.15) is 18.1 Å². The summed E-state index contributed by atoms with van der Waals surface area (Å²) >= 11 is 1.14. The Bertz CT molecular complexity index is 716. The van der Waals surface area contributed by atoms with Gasteiger partial charge in [0.05, 0.1) is 18.0 Å². The Kier molecular flexibility index (Phi) is 5.69. The fourth-order valence-electron chi connectivity index (χ4n) is 1.91. The van der Waals surface area contributed by atoms with Crippen LogP contribution in [-0.2, 0) is 9.53 Å². The van der Waals surface area contributed by atoms with Crippen LogP contribution in [0.15, 0.2) is 23.4 Å². The van der Waals surface area contributed by atoms with Gasteiger partial charge < -0.3 is 4.74 Å². The van der Waals surface area contributed by atoms with E-state index in [2.05, 4.69) is 25.6 Å². The van der Waals surface area contributed by atoms with Crippen LogP contribution in [0.2, 0.25) is 0 Å². The fraction of sp³-hybridized carbons (Fsp3) is 0.357. The topological polar surface area (TPSA) is 99.0 Å². The molecule has 0 aliphatic carbocycles. The first-order valence-electron chi connectivity index (χ1n) is 6.96. The van der Waals surface area contributed by atoms with Crippen molar-refractivity contribution in [1.29, 1.82) is 0 Å². The van der Waals surface area contributed by atoms with Gasteiger partial charge in [0.25, 0.3) is 0 Å². The van der Waals surface area contributed by atoms with Crippen molar-refractivity contribution in [3.8, 4) is 5.69 Å². The van der Waals surface area contributed by atoms with E-state index in [1.54, 1.807) is 11.6 Å². The first-order chi connectivity index (χ1) is 11.0. The molecule has 0 unspecified atom stereocenters. The van der Waals surface area contributed by atoms with Crippen LogP contribution in [0.5, 0.6) is 0 Å². The van der Waals surface area contributed by atoms with Gasteiger partial charge in [-0.3, -0.25) is 10.1 Å². The lowest BCUT2D eigenvalue weighted by Gasteiger charge is -2.08. The number of carbonyl (C=O) groups is 2. The van der Waals surface area contributed by atoms with Crippen LogP contribution >= 0.6 is 11.8 Å². The molecule has 1 heterocycles. The third-order valence-electron chi connectivity index (χ3n) is 2.87. The maximum absolute atomic E-state index is 11.7. The average Bonchev–Trinajstić information content (AvgIpc) is 2.93. The normalized spacial score (nSPS) is 10.4. The second-order valence-corrected chi connectivity index (χ2v) is 5.66. The molecule has 0 saturated heterocycles. The summed E-state index contributed by atoms with van der Waals surface area (Å²) in [6.45, 7) is 5.84. The van der Waals surface area contributed by atoms with E-state index >= 15 is 0 Å². The smallest absolute Gasteiger partial charge is 0.413 e. The number of hydrogen-bond acceptors (Lipinski definition) is 7. The predicted octanol–water partition coefficient (Wildman–Crippen LogP) is 1.64. The third-order valence-corrected chi connectivity index (χ3v) is 3.79. The molecule has 2 aromatic rings. The molecule has 1 N–H and O–H groups in total. The quantitative estimate of drug-likeness (QED) is 0.829. The number of benzene rings is 1. The van der Waals surface area contributed by atoms with Crippen molar-refractivity contribution in [3.05, 3.63) is 29.3 Å². The maximum Gasteiger partial charge on any atom is 0.413 e. The van der Waals surface area contributed by atoms with Crippen molar-refractivity contribution >= 4 is 23.8 Å². The number of rotatable bonds is 5. The Hall–Kier alpha value is -2.42. The van der Waals surface area contributed by atoms with Gasteiger partial charge in [-0.15, -0.1) is 5.10 Å². The molecule has 0 bridgehead atoms. The molecule has 2 rings (SSSR count). The molecule has 0 atom stereocenters. The monoisotopic (exact) mass is 335 g/mol. The Morgan fingerprint density at radius 1 is 1.35 bits per heavy atom. The zero-order valence-corrected chi connectivity index (χ0v) is 13.9. The molecule has 0 radical (unpaired) electrons. The summed E-state index contributed by atoms with van der Waals surface area (Å²) in [6.07, 6.45) is -0.757. The van der Waals surface area contributed by atoms with Crippen molar-refractivity contribution in [2.75, 3.05) is 12.4 Å². The van der Waals surface area contributed by atoms with Crippen LogP contribution in [0, 0.1) is 13.8 Å². The minimum Gasteiger partial charge on any atom is -0.450 e. The van der Waals surface area contributed by atoms with Gasteiger partial charge >= 0.3 is 6.09 Å². The fourth-order valence-corrected chi connectivity index (χ4v) is 2.59. The molecule has 0 aliphatic rings. The number of alkyl carbamates (subject to hydrolysis) is 1. The molecule has 23 heavy (non-hydrogen) atoms. The summed E-state index contributed by atoms with van der Waals surface area (Å²) in [5.41, 5.74) is 3.01. The summed E-state index contributed by atoms with van der Waals surface area (Å²) in [5.74, 6) is -0.465. The van der Waals surface area contributed by atoms with Gasteiger partial charge in [-0.2, -0.15) is 4.68 Å². The molecule has 1 aromatic carbocycles. The van der Waals surface area contributed by atoms with Gasteiger partial charge in [-0.1, -0.05) is 29.5 Å². The summed E-state index contributed by atoms with van der Waals surface area (Å²) in [6, 6.07) is 5.91. The van der Waals surface area contributed by atoms with Gasteiger partial charge in [0, 0.05) is 0 Å². The molecule has 9 heteroatoms. The van der Waals surface area contributed by atoms with Crippen LogP contribution < -0.4 is 5.32 Å².